The Morgan fingerprint density at radius 2 is 1.80 bits per heavy atom. The highest BCUT2D eigenvalue weighted by Gasteiger charge is 2.49. The van der Waals surface area contributed by atoms with E-state index in [1.165, 1.54) is 22.8 Å². The summed E-state index contributed by atoms with van der Waals surface area (Å²) in [5.41, 5.74) is 4.43. The van der Waals surface area contributed by atoms with Crippen LogP contribution in [0.25, 0.3) is 0 Å². The standard InChI is InChI=1S/C28H33ClF2N4O5S/c1-14-9-21(41-4)19(26(38)33-14)11-32-25(37)18-10-20(29)23-22(15(18)2)39-27(3,40-23)17-7-5-16(6-8-17)24(36)34-35-12-28(30,31)13-35/h9-10,16-17H,5-8,11-13H2,1-4H3,(H,32,37)(H,33,38)(H,34,36)/t16?,17?,27-/m0/s1. The topological polar surface area (TPSA) is 113 Å². The molecule has 1 aromatic heterocycles. The first kappa shape index (κ1) is 29.7. The third kappa shape index (κ3) is 5.91. The number of fused-ring (bicyclic) bond motifs is 1. The Morgan fingerprint density at radius 1 is 1.15 bits per heavy atom. The molecule has 2 amide bonds. The number of hydrazine groups is 1. The zero-order valence-corrected chi connectivity index (χ0v) is 24.9. The number of amides is 2. The van der Waals surface area contributed by atoms with Crippen LogP contribution in [0.2, 0.25) is 5.02 Å². The molecule has 222 valence electrons. The van der Waals surface area contributed by atoms with E-state index in [0.717, 1.165) is 10.6 Å². The molecule has 1 aliphatic carbocycles. The molecule has 0 radical (unpaired) electrons. The summed E-state index contributed by atoms with van der Waals surface area (Å²) in [5.74, 6) is -4.02. The average Bonchev–Trinajstić information content (AvgIpc) is 3.28. The highest BCUT2D eigenvalue weighted by atomic mass is 35.5. The lowest BCUT2D eigenvalue weighted by molar-refractivity contribution is -0.166. The quantitative estimate of drug-likeness (QED) is 0.394. The maximum Gasteiger partial charge on any atom is 0.276 e. The molecule has 1 atom stereocenters. The first-order chi connectivity index (χ1) is 19.3. The monoisotopic (exact) mass is 610 g/mol. The number of nitrogens with zero attached hydrogens (tertiary/aromatic N) is 1. The minimum Gasteiger partial charge on any atom is -0.448 e. The largest absolute Gasteiger partial charge is 0.448 e. The van der Waals surface area contributed by atoms with Gasteiger partial charge in [0.25, 0.3) is 23.2 Å². The van der Waals surface area contributed by atoms with Crippen molar-refractivity contribution in [1.29, 1.82) is 0 Å². The van der Waals surface area contributed by atoms with Gasteiger partial charge in [-0.05, 0) is 57.9 Å². The number of rotatable bonds is 7. The minimum atomic E-state index is -2.75. The van der Waals surface area contributed by atoms with E-state index in [0.29, 0.717) is 53.9 Å². The van der Waals surface area contributed by atoms with Crippen LogP contribution in [-0.2, 0) is 11.3 Å². The van der Waals surface area contributed by atoms with Gasteiger partial charge in [0.2, 0.25) is 5.91 Å². The van der Waals surface area contributed by atoms with E-state index in [-0.39, 0.29) is 34.9 Å². The van der Waals surface area contributed by atoms with Crippen LogP contribution in [0.3, 0.4) is 0 Å². The molecule has 3 N–H and O–H groups in total. The van der Waals surface area contributed by atoms with Crippen LogP contribution >= 0.6 is 23.4 Å². The van der Waals surface area contributed by atoms with Gasteiger partial charge in [-0.25, -0.2) is 13.8 Å². The van der Waals surface area contributed by atoms with Crippen molar-refractivity contribution in [1.82, 2.24) is 20.7 Å². The molecule has 9 nitrogen and oxygen atoms in total. The van der Waals surface area contributed by atoms with Gasteiger partial charge in [-0.15, -0.1) is 11.8 Å². The number of aryl methyl sites for hydroxylation is 1. The number of aromatic nitrogens is 1. The zero-order valence-electron chi connectivity index (χ0n) is 23.3. The number of pyridine rings is 1. The van der Waals surface area contributed by atoms with Crippen molar-refractivity contribution < 1.29 is 27.8 Å². The van der Waals surface area contributed by atoms with E-state index in [2.05, 4.69) is 15.7 Å². The van der Waals surface area contributed by atoms with Gasteiger partial charge in [0, 0.05) is 52.6 Å². The number of hydrogen-bond acceptors (Lipinski definition) is 7. The second-order valence-electron chi connectivity index (χ2n) is 11.2. The summed E-state index contributed by atoms with van der Waals surface area (Å²) in [6.07, 6.45) is 4.26. The number of nitrogens with one attached hydrogen (secondary N) is 3. The number of hydrogen-bond donors (Lipinski definition) is 3. The van der Waals surface area contributed by atoms with Crippen molar-refractivity contribution in [2.45, 2.75) is 69.6 Å². The summed E-state index contributed by atoms with van der Waals surface area (Å²) in [7, 11) is 0. The second-order valence-corrected chi connectivity index (χ2v) is 12.4. The van der Waals surface area contributed by atoms with Crippen molar-refractivity contribution in [3.8, 4) is 11.5 Å². The predicted octanol–water partition coefficient (Wildman–Crippen LogP) is 4.57. The van der Waals surface area contributed by atoms with Crippen LogP contribution in [0.15, 0.2) is 21.8 Å². The van der Waals surface area contributed by atoms with Crippen LogP contribution in [0, 0.1) is 25.7 Å². The van der Waals surface area contributed by atoms with Gasteiger partial charge >= 0.3 is 0 Å². The molecule has 1 saturated carbocycles. The van der Waals surface area contributed by atoms with Crippen LogP contribution in [0.1, 0.15) is 59.8 Å². The molecule has 5 rings (SSSR count). The first-order valence-corrected chi connectivity index (χ1v) is 15.1. The van der Waals surface area contributed by atoms with Crippen LogP contribution in [0.5, 0.6) is 11.5 Å². The molecule has 0 bridgehead atoms. The van der Waals surface area contributed by atoms with E-state index in [1.807, 2.05) is 19.2 Å². The highest BCUT2D eigenvalue weighted by molar-refractivity contribution is 7.98. The molecule has 1 saturated heterocycles. The van der Waals surface area contributed by atoms with Crippen molar-refractivity contribution in [2.24, 2.45) is 11.8 Å². The Labute approximate surface area is 245 Å². The molecule has 2 fully saturated rings. The highest BCUT2D eigenvalue weighted by Crippen LogP contribution is 2.52. The summed E-state index contributed by atoms with van der Waals surface area (Å²) < 4.78 is 38.8. The fourth-order valence-corrected chi connectivity index (χ4v) is 6.71. The lowest BCUT2D eigenvalue weighted by Crippen LogP contribution is -2.63. The number of thioether (sulfide) groups is 1. The summed E-state index contributed by atoms with van der Waals surface area (Å²) >= 11 is 8.00. The van der Waals surface area contributed by atoms with Crippen molar-refractivity contribution in [2.75, 3.05) is 19.3 Å². The molecule has 2 aromatic rings. The van der Waals surface area contributed by atoms with Crippen molar-refractivity contribution in [3.05, 3.63) is 49.9 Å². The minimum absolute atomic E-state index is 0.0465. The average molecular weight is 611 g/mol. The maximum atomic E-state index is 13.2. The van der Waals surface area contributed by atoms with E-state index in [1.54, 1.807) is 13.8 Å². The summed E-state index contributed by atoms with van der Waals surface area (Å²) in [6, 6.07) is 3.40. The number of H-pyrrole nitrogens is 1. The van der Waals surface area contributed by atoms with E-state index in [9.17, 15) is 23.2 Å². The van der Waals surface area contributed by atoms with E-state index in [4.69, 9.17) is 21.1 Å². The molecular weight excluding hydrogens is 578 g/mol. The Kier molecular flexibility index (Phi) is 8.03. The molecule has 1 aromatic carbocycles. The third-order valence-corrected chi connectivity index (χ3v) is 9.21. The third-order valence-electron chi connectivity index (χ3n) is 8.12. The van der Waals surface area contributed by atoms with Crippen LogP contribution in [-0.4, -0.2) is 52.9 Å². The molecule has 3 aliphatic rings. The molecular formula is C28H33ClF2N4O5S. The smallest absolute Gasteiger partial charge is 0.276 e. The number of aromatic amines is 1. The number of halogens is 3. The lowest BCUT2D eigenvalue weighted by atomic mass is 9.78. The van der Waals surface area contributed by atoms with Gasteiger partial charge in [-0.1, -0.05) is 11.6 Å². The van der Waals surface area contributed by atoms with E-state index >= 15 is 0 Å². The zero-order chi connectivity index (χ0) is 29.7. The normalized spacial score (nSPS) is 25.0. The number of alkyl halides is 2. The van der Waals surface area contributed by atoms with Gasteiger partial charge in [0.1, 0.15) is 0 Å². The molecule has 13 heteroatoms. The fourth-order valence-electron chi connectivity index (χ4n) is 5.77. The summed E-state index contributed by atoms with van der Waals surface area (Å²) in [5, 5.41) is 4.30. The Morgan fingerprint density at radius 3 is 2.44 bits per heavy atom. The second kappa shape index (κ2) is 11.1. The number of benzene rings is 1. The Hall–Kier alpha value is -2.83. The molecule has 3 heterocycles. The predicted molar refractivity (Wildman–Crippen MR) is 151 cm³/mol. The van der Waals surface area contributed by atoms with Gasteiger partial charge in [0.15, 0.2) is 11.5 Å². The van der Waals surface area contributed by atoms with Crippen molar-refractivity contribution >= 4 is 35.2 Å². The molecule has 0 spiro atoms. The van der Waals surface area contributed by atoms with Gasteiger partial charge in [-0.2, -0.15) is 0 Å². The first-order valence-electron chi connectivity index (χ1n) is 13.5. The van der Waals surface area contributed by atoms with Gasteiger partial charge in [-0.3, -0.25) is 19.8 Å². The summed E-state index contributed by atoms with van der Waals surface area (Å²) in [6.45, 7) is 4.50. The molecule has 2 aliphatic heterocycles. The SMILES string of the molecule is CSc1cc(C)[nH]c(=O)c1CNC(=O)c1cc(Cl)c2c(c1C)O[C@](C)(C1CCC(C(=O)NN3CC(F)(F)C3)CC1)O2. The number of ether oxygens (including phenoxy) is 2. The Balaban J connectivity index is 1.23. The number of carbonyl (C=O) groups is 2. The number of carbonyl (C=O) groups excluding carboxylic acids is 2. The van der Waals surface area contributed by atoms with E-state index < -0.39 is 30.7 Å². The fraction of sp³-hybridized carbons (Fsp3) is 0.536. The molecule has 41 heavy (non-hydrogen) atoms. The lowest BCUT2D eigenvalue weighted by Gasteiger charge is -2.40. The Bertz CT molecular complexity index is 1440. The van der Waals surface area contributed by atoms with Crippen molar-refractivity contribution in [3.63, 3.8) is 0 Å². The van der Waals surface area contributed by atoms with Crippen LogP contribution in [0.4, 0.5) is 8.78 Å². The maximum absolute atomic E-state index is 13.2. The van der Waals surface area contributed by atoms with Crippen LogP contribution < -0.4 is 25.8 Å². The molecule has 0 unspecified atom stereocenters. The van der Waals surface area contributed by atoms with Gasteiger partial charge < -0.3 is 19.8 Å². The van der Waals surface area contributed by atoms with Gasteiger partial charge in [0.05, 0.1) is 18.1 Å². The summed E-state index contributed by atoms with van der Waals surface area (Å²) in [4.78, 5) is 41.8.